The van der Waals surface area contributed by atoms with Gasteiger partial charge in [0.1, 0.15) is 6.04 Å². The van der Waals surface area contributed by atoms with E-state index in [0.29, 0.717) is 5.56 Å². The van der Waals surface area contributed by atoms with Gasteiger partial charge in [0.05, 0.1) is 12.9 Å². The van der Waals surface area contributed by atoms with Crippen LogP contribution in [-0.4, -0.2) is 33.8 Å². The third-order valence-electron chi connectivity index (χ3n) is 2.30. The van der Waals surface area contributed by atoms with E-state index in [9.17, 15) is 13.2 Å². The highest BCUT2D eigenvalue weighted by molar-refractivity contribution is 7.89. The lowest BCUT2D eigenvalue weighted by molar-refractivity contribution is -0.143. The van der Waals surface area contributed by atoms with Crippen LogP contribution in [0, 0.1) is 0 Å². The Morgan fingerprint density at radius 2 is 2.00 bits per heavy atom. The summed E-state index contributed by atoms with van der Waals surface area (Å²) in [4.78, 5) is 11.6. The second-order valence-corrected chi connectivity index (χ2v) is 5.42. The van der Waals surface area contributed by atoms with E-state index in [1.165, 1.54) is 7.11 Å². The molecule has 0 aromatic heterocycles. The topological polar surface area (TPSA) is 98.5 Å². The molecule has 0 heterocycles. The molecule has 0 saturated heterocycles. The standard InChI is InChI=1S/C11H16N2O4S/c1-17-11(14)10(9-5-3-2-4-6-9)13-7-8-18(12,15)16/h2-6,10,13H,7-8H2,1H3,(H2,12,15,16). The average molecular weight is 272 g/mol. The Labute approximate surface area is 106 Å². The molecule has 0 amide bonds. The summed E-state index contributed by atoms with van der Waals surface area (Å²) in [6.07, 6.45) is 0. The molecule has 1 unspecified atom stereocenters. The molecule has 0 spiro atoms. The number of rotatable bonds is 6. The predicted molar refractivity (Wildman–Crippen MR) is 67.2 cm³/mol. The minimum atomic E-state index is -3.55. The molecule has 7 heteroatoms. The average Bonchev–Trinajstić information content (AvgIpc) is 2.33. The second kappa shape index (κ2) is 6.48. The first-order valence-electron chi connectivity index (χ1n) is 5.30. The molecular formula is C11H16N2O4S. The molecule has 0 bridgehead atoms. The third kappa shape index (κ3) is 4.82. The van der Waals surface area contributed by atoms with Crippen molar-refractivity contribution in [1.29, 1.82) is 0 Å². The Morgan fingerprint density at radius 1 is 1.39 bits per heavy atom. The fourth-order valence-electron chi connectivity index (χ4n) is 1.45. The Kier molecular flexibility index (Phi) is 5.26. The number of sulfonamides is 1. The van der Waals surface area contributed by atoms with Crippen LogP contribution in [0.2, 0.25) is 0 Å². The Bertz CT molecular complexity index is 487. The molecular weight excluding hydrogens is 256 g/mol. The van der Waals surface area contributed by atoms with Gasteiger partial charge in [0.15, 0.2) is 0 Å². The van der Waals surface area contributed by atoms with Crippen molar-refractivity contribution in [2.75, 3.05) is 19.4 Å². The van der Waals surface area contributed by atoms with Gasteiger partial charge in [-0.15, -0.1) is 0 Å². The van der Waals surface area contributed by atoms with Gasteiger partial charge < -0.3 is 4.74 Å². The van der Waals surface area contributed by atoms with Gasteiger partial charge >= 0.3 is 5.97 Å². The number of nitrogens with two attached hydrogens (primary N) is 1. The van der Waals surface area contributed by atoms with Crippen molar-refractivity contribution in [2.45, 2.75) is 6.04 Å². The predicted octanol–water partition coefficient (Wildman–Crippen LogP) is -0.221. The van der Waals surface area contributed by atoms with E-state index >= 15 is 0 Å². The monoisotopic (exact) mass is 272 g/mol. The Morgan fingerprint density at radius 3 is 2.50 bits per heavy atom. The molecule has 1 rings (SSSR count). The molecule has 1 aromatic carbocycles. The maximum Gasteiger partial charge on any atom is 0.327 e. The van der Waals surface area contributed by atoms with Crippen molar-refractivity contribution in [2.24, 2.45) is 5.14 Å². The third-order valence-corrected chi connectivity index (χ3v) is 3.08. The summed E-state index contributed by atoms with van der Waals surface area (Å²) in [5.41, 5.74) is 0.707. The summed E-state index contributed by atoms with van der Waals surface area (Å²) < 4.78 is 26.3. The van der Waals surface area contributed by atoms with Crippen LogP contribution in [0.25, 0.3) is 0 Å². The number of hydrogen-bond donors (Lipinski definition) is 2. The first-order chi connectivity index (χ1) is 8.44. The van der Waals surface area contributed by atoms with Crippen molar-refractivity contribution in [1.82, 2.24) is 5.32 Å². The van der Waals surface area contributed by atoms with Crippen LogP contribution in [0.5, 0.6) is 0 Å². The fourth-order valence-corrected chi connectivity index (χ4v) is 1.85. The van der Waals surface area contributed by atoms with E-state index in [0.717, 1.165) is 0 Å². The minimum Gasteiger partial charge on any atom is -0.468 e. The maximum atomic E-state index is 11.6. The first kappa shape index (κ1) is 14.6. The largest absolute Gasteiger partial charge is 0.468 e. The second-order valence-electron chi connectivity index (χ2n) is 3.69. The number of nitrogens with one attached hydrogen (secondary N) is 1. The van der Waals surface area contributed by atoms with Crippen LogP contribution >= 0.6 is 0 Å². The lowest BCUT2D eigenvalue weighted by Crippen LogP contribution is -2.34. The quantitative estimate of drug-likeness (QED) is 0.697. The van der Waals surface area contributed by atoms with E-state index in [1.807, 2.05) is 6.07 Å². The van der Waals surface area contributed by atoms with Gasteiger partial charge in [-0.1, -0.05) is 30.3 Å². The van der Waals surface area contributed by atoms with Gasteiger partial charge in [-0.05, 0) is 5.56 Å². The van der Waals surface area contributed by atoms with E-state index in [2.05, 4.69) is 10.1 Å². The Balaban J connectivity index is 2.72. The van der Waals surface area contributed by atoms with Crippen molar-refractivity contribution < 1.29 is 17.9 Å². The summed E-state index contributed by atoms with van der Waals surface area (Å²) in [6, 6.07) is 8.20. The SMILES string of the molecule is COC(=O)C(NCCS(N)(=O)=O)c1ccccc1. The highest BCUT2D eigenvalue weighted by atomic mass is 32.2. The van der Waals surface area contributed by atoms with Crippen LogP contribution in [0.4, 0.5) is 0 Å². The zero-order valence-corrected chi connectivity index (χ0v) is 10.8. The van der Waals surface area contributed by atoms with Gasteiger partial charge in [-0.2, -0.15) is 0 Å². The number of hydrogen-bond acceptors (Lipinski definition) is 5. The number of primary sulfonamides is 1. The molecule has 18 heavy (non-hydrogen) atoms. The van der Waals surface area contributed by atoms with Crippen LogP contribution in [0.1, 0.15) is 11.6 Å². The van der Waals surface area contributed by atoms with E-state index in [4.69, 9.17) is 5.14 Å². The van der Waals surface area contributed by atoms with Crippen LogP contribution in [-0.2, 0) is 19.6 Å². The van der Waals surface area contributed by atoms with Gasteiger partial charge in [0.2, 0.25) is 10.0 Å². The zero-order chi connectivity index (χ0) is 13.6. The highest BCUT2D eigenvalue weighted by Gasteiger charge is 2.20. The van der Waals surface area contributed by atoms with Crippen LogP contribution in [0.3, 0.4) is 0 Å². The Hall–Kier alpha value is -1.44. The molecule has 0 fully saturated rings. The van der Waals surface area contributed by atoms with Crippen molar-refractivity contribution >= 4 is 16.0 Å². The maximum absolute atomic E-state index is 11.6. The summed E-state index contributed by atoms with van der Waals surface area (Å²) >= 11 is 0. The number of esters is 1. The number of carbonyl (C=O) groups is 1. The first-order valence-corrected chi connectivity index (χ1v) is 7.02. The fraction of sp³-hybridized carbons (Fsp3) is 0.364. The zero-order valence-electron chi connectivity index (χ0n) is 10.00. The van der Waals surface area contributed by atoms with Crippen LogP contribution < -0.4 is 10.5 Å². The molecule has 0 aliphatic carbocycles. The van der Waals surface area contributed by atoms with E-state index < -0.39 is 22.0 Å². The molecule has 0 saturated carbocycles. The van der Waals surface area contributed by atoms with Crippen molar-refractivity contribution in [3.8, 4) is 0 Å². The van der Waals surface area contributed by atoms with E-state index in [1.54, 1.807) is 24.3 Å². The highest BCUT2D eigenvalue weighted by Crippen LogP contribution is 2.13. The lowest BCUT2D eigenvalue weighted by atomic mass is 10.1. The summed E-state index contributed by atoms with van der Waals surface area (Å²) in [7, 11) is -2.27. The summed E-state index contributed by atoms with van der Waals surface area (Å²) in [6.45, 7) is 0.0769. The van der Waals surface area contributed by atoms with Gasteiger partial charge in [-0.3, -0.25) is 5.32 Å². The molecule has 1 atom stereocenters. The molecule has 0 aliphatic heterocycles. The van der Waals surface area contributed by atoms with Crippen molar-refractivity contribution in [3.63, 3.8) is 0 Å². The molecule has 1 aromatic rings. The molecule has 100 valence electrons. The molecule has 0 aliphatic rings. The molecule has 3 N–H and O–H groups in total. The molecule has 0 radical (unpaired) electrons. The smallest absolute Gasteiger partial charge is 0.327 e. The van der Waals surface area contributed by atoms with E-state index in [-0.39, 0.29) is 12.3 Å². The normalized spacial score (nSPS) is 13.0. The van der Waals surface area contributed by atoms with Crippen molar-refractivity contribution in [3.05, 3.63) is 35.9 Å². The molecule has 6 nitrogen and oxygen atoms in total. The van der Waals surface area contributed by atoms with Gasteiger partial charge in [0, 0.05) is 6.54 Å². The van der Waals surface area contributed by atoms with Crippen LogP contribution in [0.15, 0.2) is 30.3 Å². The van der Waals surface area contributed by atoms with Gasteiger partial charge in [0.25, 0.3) is 0 Å². The number of methoxy groups -OCH3 is 1. The number of ether oxygens (including phenoxy) is 1. The minimum absolute atomic E-state index is 0.0769. The lowest BCUT2D eigenvalue weighted by Gasteiger charge is -2.16. The summed E-state index contributed by atoms with van der Waals surface area (Å²) in [5.74, 6) is -0.719. The summed E-state index contributed by atoms with van der Waals surface area (Å²) in [5, 5.41) is 7.69. The van der Waals surface area contributed by atoms with Gasteiger partial charge in [-0.25, -0.2) is 18.4 Å². The number of carbonyl (C=O) groups excluding carboxylic acids is 1. The number of benzene rings is 1.